The Kier molecular flexibility index (Phi) is 7.16. The monoisotopic (exact) mass is 165 g/mol. The SMILES string of the molecule is N#CC(CCC=N)CCCC=N. The van der Waals surface area contributed by atoms with E-state index in [1.54, 1.807) is 0 Å². The summed E-state index contributed by atoms with van der Waals surface area (Å²) in [6, 6.07) is 2.22. The summed E-state index contributed by atoms with van der Waals surface area (Å²) >= 11 is 0. The van der Waals surface area contributed by atoms with E-state index < -0.39 is 0 Å². The molecule has 0 bridgehead atoms. The average Bonchev–Trinajstić information content (AvgIpc) is 2.11. The van der Waals surface area contributed by atoms with E-state index in [4.69, 9.17) is 16.1 Å². The number of nitriles is 1. The van der Waals surface area contributed by atoms with E-state index in [1.807, 2.05) is 0 Å². The van der Waals surface area contributed by atoms with Gasteiger partial charge in [0.25, 0.3) is 0 Å². The molecule has 0 heterocycles. The zero-order valence-corrected chi connectivity index (χ0v) is 7.21. The quantitative estimate of drug-likeness (QED) is 0.441. The average molecular weight is 165 g/mol. The van der Waals surface area contributed by atoms with Crippen molar-refractivity contribution in [1.29, 1.82) is 16.1 Å². The molecule has 0 aromatic carbocycles. The Labute approximate surface area is 73.4 Å². The summed E-state index contributed by atoms with van der Waals surface area (Å²) in [5.74, 6) is 0.0755. The maximum absolute atomic E-state index is 8.67. The minimum Gasteiger partial charge on any atom is -0.313 e. The van der Waals surface area contributed by atoms with Gasteiger partial charge in [0.15, 0.2) is 0 Å². The summed E-state index contributed by atoms with van der Waals surface area (Å²) in [5.41, 5.74) is 0. The maximum atomic E-state index is 8.67. The standard InChI is InChI=1S/C9H15N3/c10-6-2-1-4-9(8-12)5-3-7-11/h6-7,9-11H,1-5H2. The normalized spacial score (nSPS) is 11.6. The Balaban J connectivity index is 3.47. The summed E-state index contributed by atoms with van der Waals surface area (Å²) in [7, 11) is 0. The molecule has 2 N–H and O–H groups in total. The zero-order valence-electron chi connectivity index (χ0n) is 7.21. The lowest BCUT2D eigenvalue weighted by Crippen LogP contribution is -1.97. The van der Waals surface area contributed by atoms with E-state index in [0.717, 1.165) is 25.7 Å². The molecule has 0 spiro atoms. The van der Waals surface area contributed by atoms with Gasteiger partial charge in [-0.05, 0) is 44.5 Å². The van der Waals surface area contributed by atoms with Crippen molar-refractivity contribution in [2.24, 2.45) is 5.92 Å². The first-order chi connectivity index (χ1) is 5.85. The van der Waals surface area contributed by atoms with Crippen LogP contribution in [0.4, 0.5) is 0 Å². The van der Waals surface area contributed by atoms with Gasteiger partial charge in [-0.1, -0.05) is 0 Å². The van der Waals surface area contributed by atoms with Gasteiger partial charge in [0.1, 0.15) is 0 Å². The second-order valence-corrected chi connectivity index (χ2v) is 2.74. The molecule has 3 nitrogen and oxygen atoms in total. The summed E-state index contributed by atoms with van der Waals surface area (Å²) in [5, 5.41) is 22.3. The highest BCUT2D eigenvalue weighted by atomic mass is 14.3. The maximum Gasteiger partial charge on any atom is 0.0655 e. The number of nitrogens with one attached hydrogen (secondary N) is 2. The highest BCUT2D eigenvalue weighted by molar-refractivity contribution is 5.53. The fourth-order valence-corrected chi connectivity index (χ4v) is 1.02. The largest absolute Gasteiger partial charge is 0.313 e. The van der Waals surface area contributed by atoms with Crippen molar-refractivity contribution in [2.75, 3.05) is 0 Å². The molecule has 0 saturated heterocycles. The third kappa shape index (κ3) is 5.60. The predicted molar refractivity (Wildman–Crippen MR) is 49.8 cm³/mol. The minimum absolute atomic E-state index is 0.0755. The van der Waals surface area contributed by atoms with Gasteiger partial charge in [-0.2, -0.15) is 5.26 Å². The van der Waals surface area contributed by atoms with Crippen molar-refractivity contribution in [3.8, 4) is 6.07 Å². The molecule has 12 heavy (non-hydrogen) atoms. The van der Waals surface area contributed by atoms with Crippen molar-refractivity contribution in [1.82, 2.24) is 0 Å². The Morgan fingerprint density at radius 1 is 1.17 bits per heavy atom. The number of unbranched alkanes of at least 4 members (excludes halogenated alkanes) is 1. The van der Waals surface area contributed by atoms with Crippen LogP contribution in [0.2, 0.25) is 0 Å². The van der Waals surface area contributed by atoms with Gasteiger partial charge in [-0.15, -0.1) is 0 Å². The van der Waals surface area contributed by atoms with E-state index in [1.165, 1.54) is 12.4 Å². The third-order valence-electron chi connectivity index (χ3n) is 1.74. The van der Waals surface area contributed by atoms with Crippen molar-refractivity contribution in [3.05, 3.63) is 0 Å². The van der Waals surface area contributed by atoms with E-state index in [9.17, 15) is 0 Å². The molecule has 0 rings (SSSR count). The highest BCUT2D eigenvalue weighted by Gasteiger charge is 2.04. The van der Waals surface area contributed by atoms with Crippen LogP contribution in [-0.2, 0) is 0 Å². The molecule has 66 valence electrons. The first-order valence-electron chi connectivity index (χ1n) is 4.22. The third-order valence-corrected chi connectivity index (χ3v) is 1.74. The first-order valence-corrected chi connectivity index (χ1v) is 4.22. The Hall–Kier alpha value is -1.17. The van der Waals surface area contributed by atoms with Gasteiger partial charge in [-0.3, -0.25) is 0 Å². The minimum atomic E-state index is 0.0755. The predicted octanol–water partition coefficient (Wildman–Crippen LogP) is 2.38. The van der Waals surface area contributed by atoms with Gasteiger partial charge in [-0.25, -0.2) is 0 Å². The van der Waals surface area contributed by atoms with E-state index in [0.29, 0.717) is 6.42 Å². The fourth-order valence-electron chi connectivity index (χ4n) is 1.02. The van der Waals surface area contributed by atoms with Gasteiger partial charge in [0.05, 0.1) is 6.07 Å². The number of hydrogen-bond donors (Lipinski definition) is 2. The molecule has 0 amide bonds. The molecule has 0 aromatic heterocycles. The van der Waals surface area contributed by atoms with Crippen LogP contribution in [-0.4, -0.2) is 12.4 Å². The van der Waals surface area contributed by atoms with Gasteiger partial charge in [0, 0.05) is 5.92 Å². The summed E-state index contributed by atoms with van der Waals surface area (Å²) in [6.07, 6.45) is 6.76. The number of hydrogen-bond acceptors (Lipinski definition) is 3. The Bertz CT molecular complexity index is 169. The second-order valence-electron chi connectivity index (χ2n) is 2.74. The molecule has 0 aliphatic rings. The van der Waals surface area contributed by atoms with Crippen molar-refractivity contribution >= 4 is 12.4 Å². The zero-order chi connectivity index (χ0) is 9.23. The number of nitrogens with zero attached hydrogens (tertiary/aromatic N) is 1. The molecule has 3 heteroatoms. The van der Waals surface area contributed by atoms with Crippen molar-refractivity contribution in [2.45, 2.75) is 32.1 Å². The lowest BCUT2D eigenvalue weighted by Gasteiger charge is -2.04. The summed E-state index contributed by atoms with van der Waals surface area (Å²) < 4.78 is 0. The second kappa shape index (κ2) is 7.93. The fraction of sp³-hybridized carbons (Fsp3) is 0.667. The first kappa shape index (κ1) is 10.8. The van der Waals surface area contributed by atoms with Crippen LogP contribution in [0.25, 0.3) is 0 Å². The molecular formula is C9H15N3. The van der Waals surface area contributed by atoms with E-state index in [2.05, 4.69) is 6.07 Å². The smallest absolute Gasteiger partial charge is 0.0655 e. The molecule has 1 unspecified atom stereocenters. The van der Waals surface area contributed by atoms with Crippen LogP contribution in [0.1, 0.15) is 32.1 Å². The van der Waals surface area contributed by atoms with Crippen LogP contribution in [0.3, 0.4) is 0 Å². The lowest BCUT2D eigenvalue weighted by molar-refractivity contribution is 0.553. The Morgan fingerprint density at radius 2 is 1.83 bits per heavy atom. The molecule has 0 aliphatic carbocycles. The summed E-state index contributed by atoms with van der Waals surface area (Å²) in [4.78, 5) is 0. The van der Waals surface area contributed by atoms with Crippen LogP contribution in [0.15, 0.2) is 0 Å². The molecule has 0 fully saturated rings. The van der Waals surface area contributed by atoms with E-state index >= 15 is 0 Å². The molecule has 1 atom stereocenters. The summed E-state index contributed by atoms with van der Waals surface area (Å²) in [6.45, 7) is 0. The van der Waals surface area contributed by atoms with Gasteiger partial charge >= 0.3 is 0 Å². The number of rotatable bonds is 7. The highest BCUT2D eigenvalue weighted by Crippen LogP contribution is 2.12. The van der Waals surface area contributed by atoms with Crippen molar-refractivity contribution in [3.63, 3.8) is 0 Å². The topological polar surface area (TPSA) is 71.5 Å². The van der Waals surface area contributed by atoms with Crippen LogP contribution in [0.5, 0.6) is 0 Å². The van der Waals surface area contributed by atoms with Crippen molar-refractivity contribution < 1.29 is 0 Å². The van der Waals surface area contributed by atoms with Gasteiger partial charge < -0.3 is 10.8 Å². The van der Waals surface area contributed by atoms with Crippen LogP contribution in [0, 0.1) is 28.1 Å². The van der Waals surface area contributed by atoms with E-state index in [-0.39, 0.29) is 5.92 Å². The van der Waals surface area contributed by atoms with Gasteiger partial charge in [0.2, 0.25) is 0 Å². The molecule has 0 radical (unpaired) electrons. The molecular weight excluding hydrogens is 150 g/mol. The Morgan fingerprint density at radius 3 is 2.33 bits per heavy atom. The molecule has 0 saturated carbocycles. The van der Waals surface area contributed by atoms with Crippen LogP contribution < -0.4 is 0 Å². The van der Waals surface area contributed by atoms with Crippen LogP contribution >= 0.6 is 0 Å². The lowest BCUT2D eigenvalue weighted by atomic mass is 9.99. The molecule has 0 aliphatic heterocycles. The molecule has 0 aromatic rings.